The highest BCUT2D eigenvalue weighted by Crippen LogP contribution is 2.32. The molecule has 0 aromatic heterocycles. The van der Waals surface area contributed by atoms with Gasteiger partial charge < -0.3 is 29.5 Å². The predicted octanol–water partition coefficient (Wildman–Crippen LogP) is 2.29. The fraction of sp³-hybridized carbons (Fsp3) is 0.522. The van der Waals surface area contributed by atoms with Gasteiger partial charge in [-0.2, -0.15) is 0 Å². The summed E-state index contributed by atoms with van der Waals surface area (Å²) in [5.41, 5.74) is 0.580. The molecule has 0 radical (unpaired) electrons. The number of halogens is 3. The summed E-state index contributed by atoms with van der Waals surface area (Å²) >= 11 is 0. The van der Waals surface area contributed by atoms with Gasteiger partial charge in [-0.1, -0.05) is 12.1 Å². The summed E-state index contributed by atoms with van der Waals surface area (Å²) in [6, 6.07) is 5.18. The first-order valence-electron chi connectivity index (χ1n) is 11.5. The van der Waals surface area contributed by atoms with Gasteiger partial charge in [-0.25, -0.2) is 9.59 Å². The van der Waals surface area contributed by atoms with Crippen molar-refractivity contribution in [1.82, 2.24) is 20.0 Å². The molecule has 0 aliphatic carbocycles. The Kier molecular flexibility index (Phi) is 5.97. The molecule has 4 saturated heterocycles. The Bertz CT molecular complexity index is 1020. The molecular formula is C23H25F3N4O5. The molecule has 4 amide bonds. The zero-order chi connectivity index (χ0) is 24.7. The van der Waals surface area contributed by atoms with Gasteiger partial charge >= 0.3 is 18.5 Å². The number of amides is 4. The molecule has 0 spiro atoms. The number of alkyl halides is 3. The number of likely N-dealkylation sites (tertiary alicyclic amines) is 3. The van der Waals surface area contributed by atoms with E-state index in [2.05, 4.69) is 10.1 Å². The number of carbonyl (C=O) groups is 3. The SMILES string of the molecule is O=C1N[C@@H]2CCN(C(=O)N3C[C@@H]4CN(C(=O)/C=C/c5ccc(OC(F)(F)F)cc5)C[C@H]4C3)C[C@H]2O1. The first-order chi connectivity index (χ1) is 16.6. The molecule has 1 aromatic carbocycles. The highest BCUT2D eigenvalue weighted by molar-refractivity contribution is 5.92. The molecule has 35 heavy (non-hydrogen) atoms. The molecule has 4 heterocycles. The van der Waals surface area contributed by atoms with Crippen LogP contribution in [-0.2, 0) is 9.53 Å². The van der Waals surface area contributed by atoms with Crippen LogP contribution < -0.4 is 10.1 Å². The van der Waals surface area contributed by atoms with Crippen LogP contribution in [-0.4, -0.2) is 90.5 Å². The minimum absolute atomic E-state index is 0.0386. The summed E-state index contributed by atoms with van der Waals surface area (Å²) in [6.07, 6.45) is -1.87. The van der Waals surface area contributed by atoms with E-state index < -0.39 is 12.5 Å². The van der Waals surface area contributed by atoms with Crippen molar-refractivity contribution < 1.29 is 37.0 Å². The van der Waals surface area contributed by atoms with E-state index >= 15 is 0 Å². The molecule has 9 nitrogen and oxygen atoms in total. The van der Waals surface area contributed by atoms with E-state index in [0.717, 1.165) is 0 Å². The third kappa shape index (κ3) is 5.15. The number of hydrogen-bond acceptors (Lipinski definition) is 5. The number of fused-ring (bicyclic) bond motifs is 2. The van der Waals surface area contributed by atoms with Gasteiger partial charge in [0.05, 0.1) is 12.6 Å². The second kappa shape index (κ2) is 8.97. The van der Waals surface area contributed by atoms with Crippen molar-refractivity contribution in [2.24, 2.45) is 11.8 Å². The maximum atomic E-state index is 13.0. The van der Waals surface area contributed by atoms with Gasteiger partial charge in [0.25, 0.3) is 0 Å². The van der Waals surface area contributed by atoms with E-state index in [4.69, 9.17) is 4.74 Å². The Morgan fingerprint density at radius 2 is 1.66 bits per heavy atom. The molecule has 1 N–H and O–H groups in total. The summed E-state index contributed by atoms with van der Waals surface area (Å²) in [5.74, 6) is -0.111. The third-order valence-electron chi connectivity index (χ3n) is 6.99. The van der Waals surface area contributed by atoms with Crippen molar-refractivity contribution in [3.8, 4) is 5.75 Å². The van der Waals surface area contributed by atoms with Crippen molar-refractivity contribution in [3.05, 3.63) is 35.9 Å². The molecule has 0 bridgehead atoms. The lowest BCUT2D eigenvalue weighted by atomic mass is 10.0. The van der Waals surface area contributed by atoms with Crippen LogP contribution in [0.15, 0.2) is 30.3 Å². The summed E-state index contributed by atoms with van der Waals surface area (Å²) in [6.45, 7) is 3.17. The van der Waals surface area contributed by atoms with Crippen molar-refractivity contribution in [3.63, 3.8) is 0 Å². The molecule has 1 aromatic rings. The smallest absolute Gasteiger partial charge is 0.442 e. The number of hydrogen-bond donors (Lipinski definition) is 1. The standard InChI is InChI=1S/C23H25F3N4O5/c24-23(25,26)35-17-4-1-14(2-5-17)3-6-20(31)29-9-15-11-30(12-16(15)10-29)22(33)28-8-7-18-19(13-28)34-21(32)27-18/h1-6,15-16,18-19H,7-13H2,(H,27,32)/b6-3+/t15-,16-,18+,19+/m0/s1. The van der Waals surface area contributed by atoms with Gasteiger partial charge in [-0.05, 0) is 30.2 Å². The largest absolute Gasteiger partial charge is 0.573 e. The second-order valence-electron chi connectivity index (χ2n) is 9.33. The lowest BCUT2D eigenvalue weighted by Crippen LogP contribution is -2.53. The Hall–Kier alpha value is -3.44. The number of nitrogens with one attached hydrogen (secondary N) is 1. The quantitative estimate of drug-likeness (QED) is 0.652. The Morgan fingerprint density at radius 3 is 2.31 bits per heavy atom. The highest BCUT2D eigenvalue weighted by Gasteiger charge is 2.45. The number of alkyl carbamates (subject to hydrolysis) is 1. The van der Waals surface area contributed by atoms with Crippen LogP contribution in [0.1, 0.15) is 12.0 Å². The monoisotopic (exact) mass is 494 g/mol. The molecule has 4 fully saturated rings. The topological polar surface area (TPSA) is 91.4 Å². The first kappa shape index (κ1) is 23.3. The number of piperidine rings is 1. The summed E-state index contributed by atoms with van der Waals surface area (Å²) < 4.78 is 45.9. The average Bonchev–Trinajstić information content (AvgIpc) is 3.48. The number of urea groups is 1. The van der Waals surface area contributed by atoms with Crippen LogP contribution in [0, 0.1) is 11.8 Å². The normalized spacial score (nSPS) is 28.1. The van der Waals surface area contributed by atoms with Crippen LogP contribution in [0.5, 0.6) is 5.75 Å². The second-order valence-corrected chi connectivity index (χ2v) is 9.33. The fourth-order valence-corrected chi connectivity index (χ4v) is 5.28. The van der Waals surface area contributed by atoms with Gasteiger partial charge in [0.1, 0.15) is 11.9 Å². The lowest BCUT2D eigenvalue weighted by molar-refractivity contribution is -0.274. The maximum absolute atomic E-state index is 13.0. The molecule has 4 atom stereocenters. The van der Waals surface area contributed by atoms with E-state index in [0.29, 0.717) is 51.3 Å². The minimum Gasteiger partial charge on any atom is -0.442 e. The maximum Gasteiger partial charge on any atom is 0.573 e. The van der Waals surface area contributed by atoms with E-state index in [1.807, 2.05) is 4.90 Å². The molecule has 5 rings (SSSR count). The van der Waals surface area contributed by atoms with Crippen molar-refractivity contribution in [2.45, 2.75) is 24.9 Å². The van der Waals surface area contributed by atoms with E-state index in [-0.39, 0.29) is 41.7 Å². The van der Waals surface area contributed by atoms with Crippen LogP contribution in [0.25, 0.3) is 6.08 Å². The van der Waals surface area contributed by atoms with Gasteiger partial charge in [0.15, 0.2) is 0 Å². The number of rotatable bonds is 3. The Labute approximate surface area is 199 Å². The summed E-state index contributed by atoms with van der Waals surface area (Å²) in [7, 11) is 0. The van der Waals surface area contributed by atoms with E-state index in [1.54, 1.807) is 15.9 Å². The highest BCUT2D eigenvalue weighted by atomic mass is 19.4. The van der Waals surface area contributed by atoms with Crippen LogP contribution in [0.2, 0.25) is 0 Å². The molecule has 0 unspecified atom stereocenters. The van der Waals surface area contributed by atoms with Crippen molar-refractivity contribution >= 4 is 24.1 Å². The molecular weight excluding hydrogens is 469 g/mol. The molecule has 4 aliphatic rings. The number of benzene rings is 1. The van der Waals surface area contributed by atoms with Gasteiger partial charge in [0, 0.05) is 50.6 Å². The first-order valence-corrected chi connectivity index (χ1v) is 11.5. The van der Waals surface area contributed by atoms with Gasteiger partial charge in [-0.15, -0.1) is 13.2 Å². The third-order valence-corrected chi connectivity index (χ3v) is 6.99. The fourth-order valence-electron chi connectivity index (χ4n) is 5.28. The molecule has 188 valence electrons. The van der Waals surface area contributed by atoms with Gasteiger partial charge in [-0.3, -0.25) is 4.79 Å². The zero-order valence-electron chi connectivity index (χ0n) is 18.7. The minimum atomic E-state index is -4.75. The summed E-state index contributed by atoms with van der Waals surface area (Å²) in [4.78, 5) is 42.4. The Morgan fingerprint density at radius 1 is 1.00 bits per heavy atom. The molecule has 4 aliphatic heterocycles. The number of carbonyl (C=O) groups excluding carboxylic acids is 3. The summed E-state index contributed by atoms with van der Waals surface area (Å²) in [5, 5.41) is 2.76. The molecule has 0 saturated carbocycles. The molecule has 12 heteroatoms. The van der Waals surface area contributed by atoms with Crippen molar-refractivity contribution in [1.29, 1.82) is 0 Å². The average molecular weight is 494 g/mol. The number of nitrogens with zero attached hydrogens (tertiary/aromatic N) is 3. The van der Waals surface area contributed by atoms with Crippen LogP contribution in [0.4, 0.5) is 22.8 Å². The van der Waals surface area contributed by atoms with Crippen molar-refractivity contribution in [2.75, 3.05) is 39.3 Å². The van der Waals surface area contributed by atoms with E-state index in [1.165, 1.54) is 30.3 Å². The van der Waals surface area contributed by atoms with Crippen LogP contribution in [0.3, 0.4) is 0 Å². The predicted molar refractivity (Wildman–Crippen MR) is 116 cm³/mol. The Balaban J connectivity index is 1.10. The van der Waals surface area contributed by atoms with Crippen LogP contribution >= 0.6 is 0 Å². The zero-order valence-corrected chi connectivity index (χ0v) is 18.7. The number of ether oxygens (including phenoxy) is 2. The van der Waals surface area contributed by atoms with Gasteiger partial charge in [0.2, 0.25) is 5.91 Å². The lowest BCUT2D eigenvalue weighted by Gasteiger charge is -2.35. The van der Waals surface area contributed by atoms with E-state index in [9.17, 15) is 27.6 Å².